The van der Waals surface area contributed by atoms with E-state index >= 15 is 0 Å². The van der Waals surface area contributed by atoms with Gasteiger partial charge in [0.25, 0.3) is 0 Å². The van der Waals surface area contributed by atoms with Crippen LogP contribution in [0.4, 0.5) is 4.79 Å². The molecule has 2 amide bonds. The molecule has 1 aromatic carbocycles. The molecule has 1 rings (SSSR count). The Bertz CT molecular complexity index is 567. The summed E-state index contributed by atoms with van der Waals surface area (Å²) >= 11 is 0. The van der Waals surface area contributed by atoms with E-state index in [4.69, 9.17) is 10.5 Å². The molecule has 25 heavy (non-hydrogen) atoms. The smallest absolute Gasteiger partial charge is 0.408 e. The Kier molecular flexibility index (Phi) is 7.70. The van der Waals surface area contributed by atoms with Crippen LogP contribution in [-0.4, -0.2) is 35.3 Å². The topological polar surface area (TPSA) is 114 Å². The molecule has 0 aliphatic heterocycles. The van der Waals surface area contributed by atoms with Gasteiger partial charge in [-0.15, -0.1) is 0 Å². The molecule has 0 fully saturated rings. The van der Waals surface area contributed by atoms with Crippen LogP contribution in [0.1, 0.15) is 52.1 Å². The van der Waals surface area contributed by atoms with E-state index in [1.54, 1.807) is 45.0 Å². The highest BCUT2D eigenvalue weighted by Gasteiger charge is 2.25. The summed E-state index contributed by atoms with van der Waals surface area (Å²) in [5, 5.41) is 14.8. The highest BCUT2D eigenvalue weighted by Crippen LogP contribution is 2.17. The molecule has 0 unspecified atom stereocenters. The second-order valence-electron chi connectivity index (χ2n) is 6.95. The van der Waals surface area contributed by atoms with Gasteiger partial charge in [0.1, 0.15) is 17.4 Å². The monoisotopic (exact) mass is 351 g/mol. The number of rotatable bonds is 7. The lowest BCUT2D eigenvalue weighted by Gasteiger charge is -2.24. The zero-order valence-corrected chi connectivity index (χ0v) is 15.3. The normalized spacial score (nSPS) is 13.6. The number of alkyl carbamates (subject to hydrolysis) is 1. The van der Waals surface area contributed by atoms with E-state index in [0.717, 1.165) is 5.56 Å². The Morgan fingerprint density at radius 3 is 2.32 bits per heavy atom. The Balaban J connectivity index is 2.71. The number of benzene rings is 1. The number of nitrogens with two attached hydrogens (primary N) is 1. The van der Waals surface area contributed by atoms with E-state index in [-0.39, 0.29) is 17.7 Å². The van der Waals surface area contributed by atoms with Crippen molar-refractivity contribution < 1.29 is 19.4 Å². The molecule has 0 heterocycles. The van der Waals surface area contributed by atoms with Crippen molar-refractivity contribution in [3.63, 3.8) is 0 Å². The van der Waals surface area contributed by atoms with Gasteiger partial charge in [-0.1, -0.05) is 12.1 Å². The first-order valence-electron chi connectivity index (χ1n) is 8.41. The maximum Gasteiger partial charge on any atom is 0.408 e. The van der Waals surface area contributed by atoms with Gasteiger partial charge in [-0.3, -0.25) is 4.79 Å². The van der Waals surface area contributed by atoms with Crippen molar-refractivity contribution in [1.82, 2.24) is 10.6 Å². The maximum atomic E-state index is 12.5. The molecule has 0 aliphatic rings. The average molecular weight is 351 g/mol. The number of carbonyl (C=O) groups is 2. The quantitative estimate of drug-likeness (QED) is 0.601. The van der Waals surface area contributed by atoms with E-state index in [1.807, 2.05) is 6.92 Å². The summed E-state index contributed by atoms with van der Waals surface area (Å²) < 4.78 is 5.21. The number of hydrogen-bond acceptors (Lipinski definition) is 5. The molecule has 0 aromatic heterocycles. The fourth-order valence-electron chi connectivity index (χ4n) is 2.20. The van der Waals surface area contributed by atoms with Crippen LogP contribution in [0.15, 0.2) is 24.3 Å². The molecule has 0 aliphatic carbocycles. The molecule has 2 atom stereocenters. The molecule has 0 radical (unpaired) electrons. The maximum absolute atomic E-state index is 12.5. The van der Waals surface area contributed by atoms with Crippen LogP contribution >= 0.6 is 0 Å². The minimum Gasteiger partial charge on any atom is -0.508 e. The van der Waals surface area contributed by atoms with E-state index < -0.39 is 17.7 Å². The molecule has 0 saturated carbocycles. The predicted octanol–water partition coefficient (Wildman–Crippen LogP) is 2.20. The summed E-state index contributed by atoms with van der Waals surface area (Å²) in [5.41, 5.74) is 5.72. The Morgan fingerprint density at radius 1 is 1.20 bits per heavy atom. The zero-order chi connectivity index (χ0) is 19.0. The zero-order valence-electron chi connectivity index (χ0n) is 15.3. The van der Waals surface area contributed by atoms with Crippen molar-refractivity contribution >= 4 is 12.0 Å². The number of phenolic OH excluding ortho intramolecular Hbond substituents is 1. The van der Waals surface area contributed by atoms with Gasteiger partial charge in [-0.25, -0.2) is 4.79 Å². The summed E-state index contributed by atoms with van der Waals surface area (Å²) in [7, 11) is 0. The number of hydrogen-bond donors (Lipinski definition) is 4. The molecule has 7 nitrogen and oxygen atoms in total. The van der Waals surface area contributed by atoms with E-state index in [2.05, 4.69) is 10.6 Å². The highest BCUT2D eigenvalue weighted by molar-refractivity contribution is 5.85. The molecule has 5 N–H and O–H groups in total. The molecule has 0 bridgehead atoms. The van der Waals surface area contributed by atoms with Crippen molar-refractivity contribution in [2.45, 2.75) is 58.2 Å². The minimum absolute atomic E-state index is 0.162. The van der Waals surface area contributed by atoms with Crippen LogP contribution in [-0.2, 0) is 9.53 Å². The number of nitrogens with one attached hydrogen (secondary N) is 2. The number of amides is 2. The standard InChI is InChI=1S/C18H29N3O4/c1-12(13-7-9-14(22)10-8-13)20-16(23)15(6-5-11-19)21-17(24)25-18(2,3)4/h7-10,12,15,22H,5-6,11,19H2,1-4H3,(H,20,23)(H,21,24)/t12-,15-/m1/s1. The third-order valence-electron chi connectivity index (χ3n) is 3.46. The largest absolute Gasteiger partial charge is 0.508 e. The van der Waals surface area contributed by atoms with Crippen molar-refractivity contribution in [2.24, 2.45) is 5.73 Å². The first kappa shape index (κ1) is 20.8. The van der Waals surface area contributed by atoms with E-state index in [1.165, 1.54) is 0 Å². The number of carbonyl (C=O) groups excluding carboxylic acids is 2. The van der Waals surface area contributed by atoms with Gasteiger partial charge in [0.2, 0.25) is 5.91 Å². The fraction of sp³-hybridized carbons (Fsp3) is 0.556. The summed E-state index contributed by atoms with van der Waals surface area (Å²) in [6, 6.07) is 5.59. The van der Waals surface area contributed by atoms with Crippen LogP contribution in [0, 0.1) is 0 Å². The van der Waals surface area contributed by atoms with Gasteiger partial charge in [0.15, 0.2) is 0 Å². The Hall–Kier alpha value is -2.28. The third-order valence-corrected chi connectivity index (χ3v) is 3.46. The molecule has 0 spiro atoms. The van der Waals surface area contributed by atoms with Gasteiger partial charge < -0.3 is 26.2 Å². The predicted molar refractivity (Wildman–Crippen MR) is 96.1 cm³/mol. The molecular formula is C18H29N3O4. The number of aromatic hydroxyl groups is 1. The van der Waals surface area contributed by atoms with Gasteiger partial charge in [0, 0.05) is 0 Å². The van der Waals surface area contributed by atoms with Crippen molar-refractivity contribution in [3.05, 3.63) is 29.8 Å². The van der Waals surface area contributed by atoms with Crippen LogP contribution in [0.25, 0.3) is 0 Å². The van der Waals surface area contributed by atoms with Crippen LogP contribution < -0.4 is 16.4 Å². The number of phenols is 1. The van der Waals surface area contributed by atoms with Crippen molar-refractivity contribution in [2.75, 3.05) is 6.54 Å². The SMILES string of the molecule is C[C@@H](NC(=O)[C@@H](CCCN)NC(=O)OC(C)(C)C)c1ccc(O)cc1. The summed E-state index contributed by atoms with van der Waals surface area (Å²) in [6.07, 6.45) is 0.382. The van der Waals surface area contributed by atoms with Crippen molar-refractivity contribution in [1.29, 1.82) is 0 Å². The first-order valence-corrected chi connectivity index (χ1v) is 8.41. The lowest BCUT2D eigenvalue weighted by atomic mass is 10.1. The van der Waals surface area contributed by atoms with Gasteiger partial charge in [-0.2, -0.15) is 0 Å². The van der Waals surface area contributed by atoms with Gasteiger partial charge in [0.05, 0.1) is 6.04 Å². The second kappa shape index (κ2) is 9.27. The molecular weight excluding hydrogens is 322 g/mol. The van der Waals surface area contributed by atoms with Gasteiger partial charge >= 0.3 is 6.09 Å². The lowest BCUT2D eigenvalue weighted by Crippen LogP contribution is -2.48. The second-order valence-corrected chi connectivity index (χ2v) is 6.95. The third kappa shape index (κ3) is 7.89. The lowest BCUT2D eigenvalue weighted by molar-refractivity contribution is -0.124. The highest BCUT2D eigenvalue weighted by atomic mass is 16.6. The molecule has 0 saturated heterocycles. The van der Waals surface area contributed by atoms with Crippen molar-refractivity contribution in [3.8, 4) is 5.75 Å². The Labute approximate surface area is 148 Å². The molecule has 7 heteroatoms. The minimum atomic E-state index is -0.724. The van der Waals surface area contributed by atoms with Gasteiger partial charge in [-0.05, 0) is 64.8 Å². The molecule has 1 aromatic rings. The average Bonchev–Trinajstić information content (AvgIpc) is 2.50. The molecule has 140 valence electrons. The summed E-state index contributed by atoms with van der Waals surface area (Å²) in [4.78, 5) is 24.5. The Morgan fingerprint density at radius 2 is 1.80 bits per heavy atom. The van der Waals surface area contributed by atoms with Crippen LogP contribution in [0.2, 0.25) is 0 Å². The fourth-order valence-corrected chi connectivity index (χ4v) is 2.20. The van der Waals surface area contributed by atoms with Crippen LogP contribution in [0.5, 0.6) is 5.75 Å². The van der Waals surface area contributed by atoms with E-state index in [0.29, 0.717) is 19.4 Å². The summed E-state index contributed by atoms with van der Waals surface area (Å²) in [5.74, 6) is -0.144. The van der Waals surface area contributed by atoms with Crippen LogP contribution in [0.3, 0.4) is 0 Å². The summed E-state index contributed by atoms with van der Waals surface area (Å²) in [6.45, 7) is 7.53. The first-order chi connectivity index (χ1) is 11.6. The number of ether oxygens (including phenoxy) is 1. The van der Waals surface area contributed by atoms with E-state index in [9.17, 15) is 14.7 Å².